The SMILES string of the molecule is CCOC(=O)CN(C)Cc1noc(-c2ccco2)n1. The van der Waals surface area contributed by atoms with E-state index < -0.39 is 0 Å². The van der Waals surface area contributed by atoms with Gasteiger partial charge in [0.1, 0.15) is 0 Å². The minimum atomic E-state index is -0.278. The van der Waals surface area contributed by atoms with E-state index >= 15 is 0 Å². The van der Waals surface area contributed by atoms with E-state index in [4.69, 9.17) is 13.7 Å². The van der Waals surface area contributed by atoms with Crippen molar-refractivity contribution < 1.29 is 18.5 Å². The lowest BCUT2D eigenvalue weighted by Crippen LogP contribution is -2.27. The van der Waals surface area contributed by atoms with Crippen molar-refractivity contribution in [3.05, 3.63) is 24.2 Å². The number of esters is 1. The van der Waals surface area contributed by atoms with Crippen molar-refractivity contribution in [3.63, 3.8) is 0 Å². The van der Waals surface area contributed by atoms with Crippen molar-refractivity contribution in [2.24, 2.45) is 0 Å². The molecule has 0 saturated heterocycles. The molecule has 2 rings (SSSR count). The van der Waals surface area contributed by atoms with Crippen LogP contribution in [0.3, 0.4) is 0 Å². The highest BCUT2D eigenvalue weighted by Gasteiger charge is 2.14. The van der Waals surface area contributed by atoms with Gasteiger partial charge in [-0.3, -0.25) is 9.69 Å². The molecule has 2 heterocycles. The summed E-state index contributed by atoms with van der Waals surface area (Å²) in [7, 11) is 1.78. The van der Waals surface area contributed by atoms with E-state index in [1.807, 2.05) is 0 Å². The zero-order valence-electron chi connectivity index (χ0n) is 10.8. The molecule has 0 aromatic carbocycles. The molecule has 2 aromatic heterocycles. The molecule has 0 atom stereocenters. The number of aromatic nitrogens is 2. The highest BCUT2D eigenvalue weighted by molar-refractivity contribution is 5.71. The van der Waals surface area contributed by atoms with Crippen molar-refractivity contribution in [2.75, 3.05) is 20.2 Å². The van der Waals surface area contributed by atoms with Crippen LogP contribution >= 0.6 is 0 Å². The normalized spacial score (nSPS) is 10.9. The van der Waals surface area contributed by atoms with Gasteiger partial charge >= 0.3 is 5.97 Å². The molecule has 0 unspecified atom stereocenters. The Kier molecular flexibility index (Phi) is 4.30. The number of ether oxygens (including phenoxy) is 1. The van der Waals surface area contributed by atoms with Gasteiger partial charge in [-0.1, -0.05) is 5.16 Å². The molecule has 2 aromatic rings. The van der Waals surface area contributed by atoms with Gasteiger partial charge in [-0.25, -0.2) is 0 Å². The van der Waals surface area contributed by atoms with Gasteiger partial charge in [-0.05, 0) is 26.1 Å². The molecule has 0 aliphatic rings. The second-order valence-electron chi connectivity index (χ2n) is 3.97. The first-order valence-electron chi connectivity index (χ1n) is 5.89. The van der Waals surface area contributed by atoms with E-state index in [1.165, 1.54) is 6.26 Å². The maximum absolute atomic E-state index is 11.3. The van der Waals surface area contributed by atoms with E-state index in [-0.39, 0.29) is 12.5 Å². The van der Waals surface area contributed by atoms with Crippen LogP contribution in [-0.4, -0.2) is 41.2 Å². The molecule has 0 N–H and O–H groups in total. The minimum Gasteiger partial charge on any atom is -0.465 e. The molecule has 102 valence electrons. The van der Waals surface area contributed by atoms with Gasteiger partial charge in [-0.2, -0.15) is 4.98 Å². The second kappa shape index (κ2) is 6.14. The van der Waals surface area contributed by atoms with E-state index in [0.29, 0.717) is 30.6 Å². The van der Waals surface area contributed by atoms with Crippen LogP contribution in [0.25, 0.3) is 11.7 Å². The summed E-state index contributed by atoms with van der Waals surface area (Å²) >= 11 is 0. The maximum atomic E-state index is 11.3. The standard InChI is InChI=1S/C12H15N3O4/c1-3-17-11(16)8-15(2)7-10-13-12(19-14-10)9-5-4-6-18-9/h4-6H,3,7-8H2,1-2H3. The van der Waals surface area contributed by atoms with Gasteiger partial charge in [0.15, 0.2) is 11.6 Å². The largest absolute Gasteiger partial charge is 0.465 e. The van der Waals surface area contributed by atoms with Crippen molar-refractivity contribution in [3.8, 4) is 11.7 Å². The molecular weight excluding hydrogens is 250 g/mol. The monoisotopic (exact) mass is 265 g/mol. The number of rotatable bonds is 6. The fourth-order valence-corrected chi connectivity index (χ4v) is 1.54. The van der Waals surface area contributed by atoms with Gasteiger partial charge in [0.2, 0.25) is 0 Å². The quantitative estimate of drug-likeness (QED) is 0.728. The molecular formula is C12H15N3O4. The first-order valence-corrected chi connectivity index (χ1v) is 5.89. The highest BCUT2D eigenvalue weighted by atomic mass is 16.5. The first kappa shape index (κ1) is 13.3. The summed E-state index contributed by atoms with van der Waals surface area (Å²) in [5.41, 5.74) is 0. The van der Waals surface area contributed by atoms with Crippen LogP contribution in [0.1, 0.15) is 12.7 Å². The van der Waals surface area contributed by atoms with Crippen LogP contribution in [0.15, 0.2) is 27.3 Å². The third-order valence-electron chi connectivity index (χ3n) is 2.32. The molecule has 0 spiro atoms. The Morgan fingerprint density at radius 2 is 2.37 bits per heavy atom. The van der Waals surface area contributed by atoms with E-state index in [1.54, 1.807) is 31.0 Å². The van der Waals surface area contributed by atoms with Gasteiger partial charge in [0.25, 0.3) is 5.89 Å². The second-order valence-corrected chi connectivity index (χ2v) is 3.97. The molecule has 0 saturated carbocycles. The number of carbonyl (C=O) groups is 1. The van der Waals surface area contributed by atoms with E-state index in [9.17, 15) is 4.79 Å². The van der Waals surface area contributed by atoms with Crippen LogP contribution in [-0.2, 0) is 16.1 Å². The fraction of sp³-hybridized carbons (Fsp3) is 0.417. The molecule has 7 heteroatoms. The number of hydrogen-bond acceptors (Lipinski definition) is 7. The van der Waals surface area contributed by atoms with Crippen LogP contribution in [0.4, 0.5) is 0 Å². The lowest BCUT2D eigenvalue weighted by atomic mass is 10.4. The maximum Gasteiger partial charge on any atom is 0.320 e. The Hall–Kier alpha value is -2.15. The van der Waals surface area contributed by atoms with Gasteiger partial charge in [-0.15, -0.1) is 0 Å². The molecule has 19 heavy (non-hydrogen) atoms. The number of carbonyl (C=O) groups excluding carboxylic acids is 1. The Morgan fingerprint density at radius 3 is 3.05 bits per heavy atom. The number of likely N-dealkylation sites (N-methyl/N-ethyl adjacent to an activating group) is 1. The third kappa shape index (κ3) is 3.65. The van der Waals surface area contributed by atoms with Crippen molar-refractivity contribution >= 4 is 5.97 Å². The predicted molar refractivity (Wildman–Crippen MR) is 65.0 cm³/mol. The Labute approximate surface area is 110 Å². The first-order chi connectivity index (χ1) is 9.19. The topological polar surface area (TPSA) is 81.6 Å². The lowest BCUT2D eigenvalue weighted by Gasteiger charge is -2.12. The summed E-state index contributed by atoms with van der Waals surface area (Å²) in [5.74, 6) is 1.05. The smallest absolute Gasteiger partial charge is 0.320 e. The summed E-state index contributed by atoms with van der Waals surface area (Å²) < 4.78 is 15.1. The van der Waals surface area contributed by atoms with Gasteiger partial charge in [0, 0.05) is 0 Å². The highest BCUT2D eigenvalue weighted by Crippen LogP contribution is 2.17. The zero-order chi connectivity index (χ0) is 13.7. The van der Waals surface area contributed by atoms with Crippen molar-refractivity contribution in [1.29, 1.82) is 0 Å². The van der Waals surface area contributed by atoms with Crippen LogP contribution in [0, 0.1) is 0 Å². The Balaban J connectivity index is 1.91. The lowest BCUT2D eigenvalue weighted by molar-refractivity contribution is -0.144. The van der Waals surface area contributed by atoms with Gasteiger partial charge < -0.3 is 13.7 Å². The average Bonchev–Trinajstić information content (AvgIpc) is 2.98. The van der Waals surface area contributed by atoms with Crippen molar-refractivity contribution in [1.82, 2.24) is 15.0 Å². The molecule has 7 nitrogen and oxygen atoms in total. The summed E-state index contributed by atoms with van der Waals surface area (Å²) in [6.07, 6.45) is 1.53. The zero-order valence-corrected chi connectivity index (χ0v) is 10.8. The third-order valence-corrected chi connectivity index (χ3v) is 2.32. The Bertz CT molecular complexity index is 521. The van der Waals surface area contributed by atoms with Crippen LogP contribution < -0.4 is 0 Å². The summed E-state index contributed by atoms with van der Waals surface area (Å²) in [4.78, 5) is 17.2. The predicted octanol–water partition coefficient (Wildman–Crippen LogP) is 1.32. The molecule has 0 fully saturated rings. The fourth-order valence-electron chi connectivity index (χ4n) is 1.54. The summed E-state index contributed by atoms with van der Waals surface area (Å²) in [6, 6.07) is 3.48. The van der Waals surface area contributed by atoms with Crippen LogP contribution in [0.2, 0.25) is 0 Å². The molecule has 0 radical (unpaired) electrons. The van der Waals surface area contributed by atoms with E-state index in [2.05, 4.69) is 10.1 Å². The van der Waals surface area contributed by atoms with E-state index in [0.717, 1.165) is 0 Å². The van der Waals surface area contributed by atoms with Crippen molar-refractivity contribution in [2.45, 2.75) is 13.5 Å². The molecule has 0 bridgehead atoms. The minimum absolute atomic E-state index is 0.179. The molecule has 0 aliphatic heterocycles. The summed E-state index contributed by atoms with van der Waals surface area (Å²) in [5, 5.41) is 3.83. The number of furan rings is 1. The molecule has 0 aliphatic carbocycles. The summed E-state index contributed by atoms with van der Waals surface area (Å²) in [6.45, 7) is 2.71. The van der Waals surface area contributed by atoms with Gasteiger partial charge in [0.05, 0.1) is 26.0 Å². The average molecular weight is 265 g/mol. The number of hydrogen-bond donors (Lipinski definition) is 0. The molecule has 0 amide bonds. The van der Waals surface area contributed by atoms with Crippen LogP contribution in [0.5, 0.6) is 0 Å². The Morgan fingerprint density at radius 1 is 1.53 bits per heavy atom. The number of nitrogens with zero attached hydrogens (tertiary/aromatic N) is 3.